The van der Waals surface area contributed by atoms with Crippen molar-refractivity contribution in [2.75, 3.05) is 38.2 Å². The van der Waals surface area contributed by atoms with Crippen molar-refractivity contribution < 1.29 is 77.0 Å². The number of rotatable bonds is 43. The molecule has 1 aromatic heterocycles. The van der Waals surface area contributed by atoms with Gasteiger partial charge < -0.3 is 96.8 Å². The van der Waals surface area contributed by atoms with Crippen LogP contribution in [0.4, 0.5) is 0 Å². The largest absolute Gasteiger partial charge is 0.481 e. The standard InChI is InChI=1S/C56H94N18O16S/c1-8-29(3)44(46(61)81)72-52(87)39(25-58)70-48(83)34(15-17-41(60)77)66-42(78)27-63-47(82)33(14-16-40(59)76)67-50(85)37(23-32-26-62-28-64-32)71-55(90)56(6)19-12-21-74(56)54(89)36(13-10-11-20-57)68-53(88)45(30(4)9-2)73-51(86)38(24-43(79)80)69-49(84)35(18-22-91-7)65-31(5)75/h26,28-30,33-39,44-45H,8-25,27,57-58H2,1-7H3,(H2,59,76)(H2,60,77)(H2,61,81)(H,62,64)(H,63,82)(H,65,75)(H,66,78)(H,67,85)(H,68,88)(H,69,84)(H,70,83)(H,71,90)(H,72,87)(H,73,86)(H,79,80)/t29-,30-,33-,34-,35-,36-,37-,38-,39-,44-,45-,56-/m0/s1. The number of primary amides is 3. The van der Waals surface area contributed by atoms with Crippen molar-refractivity contribution in [1.29, 1.82) is 0 Å². The number of aromatic nitrogens is 2. The lowest BCUT2D eigenvalue weighted by molar-refractivity contribution is -0.148. The Hall–Kier alpha value is -8.47. The molecule has 1 aliphatic heterocycles. The summed E-state index contributed by atoms with van der Waals surface area (Å²) in [6.07, 6.45) is 3.43. The Kier molecular flexibility index (Phi) is 34.2. The first-order valence-electron chi connectivity index (χ1n) is 30.1. The van der Waals surface area contributed by atoms with Crippen LogP contribution in [0, 0.1) is 11.8 Å². The van der Waals surface area contributed by atoms with Crippen LogP contribution in [-0.4, -0.2) is 207 Å². The van der Waals surface area contributed by atoms with Crippen LogP contribution in [0.3, 0.4) is 0 Å². The third-order valence-electron chi connectivity index (χ3n) is 15.4. The minimum atomic E-state index is -1.71. The van der Waals surface area contributed by atoms with Gasteiger partial charge in [0.1, 0.15) is 59.9 Å². The van der Waals surface area contributed by atoms with Crippen LogP contribution in [0.5, 0.6) is 0 Å². The molecular weight excluding hydrogens is 1210 g/mol. The Bertz CT molecular complexity index is 2710. The molecule has 34 nitrogen and oxygen atoms in total. The normalized spacial score (nSPS) is 17.2. The molecule has 35 heteroatoms. The number of nitrogens with two attached hydrogens (primary N) is 5. The van der Waals surface area contributed by atoms with E-state index >= 15 is 0 Å². The van der Waals surface area contributed by atoms with Crippen LogP contribution in [0.1, 0.15) is 131 Å². The van der Waals surface area contributed by atoms with Gasteiger partial charge in [-0.05, 0) is 88.7 Å². The molecule has 22 N–H and O–H groups in total. The number of amides is 14. The Morgan fingerprint density at radius 2 is 1.18 bits per heavy atom. The number of nitrogens with one attached hydrogen (secondary N) is 11. The second-order valence-corrected chi connectivity index (χ2v) is 23.6. The summed E-state index contributed by atoms with van der Waals surface area (Å²) in [7, 11) is 0. The Balaban J connectivity index is 2.44. The maximum Gasteiger partial charge on any atom is 0.305 e. The van der Waals surface area contributed by atoms with E-state index < -0.39 is 199 Å². The van der Waals surface area contributed by atoms with Crippen LogP contribution >= 0.6 is 11.8 Å². The van der Waals surface area contributed by atoms with E-state index in [1.54, 1.807) is 34.0 Å². The lowest BCUT2D eigenvalue weighted by atomic mass is 9.94. The molecule has 1 saturated heterocycles. The first-order valence-corrected chi connectivity index (χ1v) is 31.5. The predicted molar refractivity (Wildman–Crippen MR) is 330 cm³/mol. The Morgan fingerprint density at radius 1 is 0.648 bits per heavy atom. The van der Waals surface area contributed by atoms with E-state index in [0.29, 0.717) is 30.7 Å². The van der Waals surface area contributed by atoms with Gasteiger partial charge in [0, 0.05) is 51.2 Å². The maximum atomic E-state index is 14.9. The van der Waals surface area contributed by atoms with E-state index in [-0.39, 0.29) is 58.0 Å². The van der Waals surface area contributed by atoms with Gasteiger partial charge in [-0.25, -0.2) is 4.98 Å². The summed E-state index contributed by atoms with van der Waals surface area (Å²) in [5, 5.41) is 34.6. The molecule has 1 aliphatic rings. The molecule has 1 aromatic rings. The third kappa shape index (κ3) is 26.5. The summed E-state index contributed by atoms with van der Waals surface area (Å²) in [5.41, 5.74) is 26.4. The van der Waals surface area contributed by atoms with Gasteiger partial charge in [-0.3, -0.25) is 71.9 Å². The molecule has 12 atom stereocenters. The second kappa shape index (κ2) is 39.6. The topological polar surface area (TPSA) is 559 Å². The number of unbranched alkanes of at least 4 members (excludes halogenated alkanes) is 1. The highest BCUT2D eigenvalue weighted by Gasteiger charge is 2.49. The number of carboxylic acid groups (broad SMARTS) is 1. The minimum absolute atomic E-state index is 0.00292. The lowest BCUT2D eigenvalue weighted by Crippen LogP contribution is -2.64. The fraction of sp³-hybridized carbons (Fsp3) is 0.679. The van der Waals surface area contributed by atoms with Gasteiger partial charge in [-0.1, -0.05) is 40.5 Å². The Labute approximate surface area is 531 Å². The molecule has 2 rings (SSSR count). The highest BCUT2D eigenvalue weighted by Crippen LogP contribution is 2.31. The molecule has 91 heavy (non-hydrogen) atoms. The van der Waals surface area contributed by atoms with E-state index in [1.807, 2.05) is 0 Å². The number of thioether (sulfide) groups is 1. The van der Waals surface area contributed by atoms with E-state index in [9.17, 15) is 77.0 Å². The third-order valence-corrected chi connectivity index (χ3v) is 16.1. The number of likely N-dealkylation sites (tertiary alicyclic amines) is 1. The number of carbonyl (C=O) groups is 15. The zero-order valence-electron chi connectivity index (χ0n) is 52.7. The molecule has 14 amide bonds. The van der Waals surface area contributed by atoms with Gasteiger partial charge in [0.25, 0.3) is 0 Å². The summed E-state index contributed by atoms with van der Waals surface area (Å²) in [4.78, 5) is 208. The van der Waals surface area contributed by atoms with Gasteiger partial charge in [0.05, 0.1) is 19.3 Å². The molecule has 0 aromatic carbocycles. The van der Waals surface area contributed by atoms with Crippen molar-refractivity contribution in [2.24, 2.45) is 40.5 Å². The molecule has 0 saturated carbocycles. The minimum Gasteiger partial charge on any atom is -0.481 e. The van der Waals surface area contributed by atoms with Crippen LogP contribution < -0.4 is 81.8 Å². The van der Waals surface area contributed by atoms with Crippen LogP contribution in [0.15, 0.2) is 12.5 Å². The van der Waals surface area contributed by atoms with Crippen LogP contribution in [0.25, 0.3) is 0 Å². The Morgan fingerprint density at radius 3 is 1.70 bits per heavy atom. The number of carbonyl (C=O) groups excluding carboxylic acids is 14. The molecule has 2 heterocycles. The summed E-state index contributed by atoms with van der Waals surface area (Å²) in [5.74, 6) is -14.4. The fourth-order valence-corrected chi connectivity index (χ4v) is 10.1. The lowest BCUT2D eigenvalue weighted by Gasteiger charge is -2.37. The van der Waals surface area contributed by atoms with Crippen molar-refractivity contribution >= 4 is 100 Å². The number of aromatic amines is 1. The first kappa shape index (κ1) is 78.6. The molecule has 510 valence electrons. The van der Waals surface area contributed by atoms with Crippen molar-refractivity contribution in [3.8, 4) is 0 Å². The van der Waals surface area contributed by atoms with E-state index in [2.05, 4.69) is 63.1 Å². The highest BCUT2D eigenvalue weighted by molar-refractivity contribution is 7.98. The van der Waals surface area contributed by atoms with E-state index in [1.165, 1.54) is 43.0 Å². The molecular formula is C56H94N18O16S. The maximum absolute atomic E-state index is 14.9. The number of H-pyrrole nitrogens is 1. The predicted octanol–water partition coefficient (Wildman–Crippen LogP) is -5.74. The van der Waals surface area contributed by atoms with Crippen LogP contribution in [0.2, 0.25) is 0 Å². The molecule has 0 spiro atoms. The zero-order valence-corrected chi connectivity index (χ0v) is 53.5. The van der Waals surface area contributed by atoms with Gasteiger partial charge in [-0.2, -0.15) is 11.8 Å². The molecule has 0 aliphatic carbocycles. The van der Waals surface area contributed by atoms with Crippen molar-refractivity contribution in [3.63, 3.8) is 0 Å². The average molecular weight is 1310 g/mol. The number of hydrogen-bond donors (Lipinski definition) is 17. The summed E-state index contributed by atoms with van der Waals surface area (Å²) in [6, 6.07) is -12.8. The van der Waals surface area contributed by atoms with Gasteiger partial charge in [0.15, 0.2) is 0 Å². The van der Waals surface area contributed by atoms with Crippen molar-refractivity contribution in [2.45, 2.75) is 191 Å². The number of hydrogen-bond acceptors (Lipinski definition) is 19. The zero-order chi connectivity index (χ0) is 68.7. The summed E-state index contributed by atoms with van der Waals surface area (Å²) >= 11 is 1.39. The van der Waals surface area contributed by atoms with Gasteiger partial charge in [0.2, 0.25) is 82.7 Å². The number of imidazole rings is 1. The SMILES string of the molecule is CC[C@H](C)[C@H](NC(=O)[C@H](CN)NC(=O)[C@H](CCC(N)=O)NC(=O)CNC(=O)[C@H](CCC(N)=O)NC(=O)[C@H](Cc1cnc[nH]1)NC(=O)[C@]1(C)CCCN1C(=O)[C@H](CCCCN)NC(=O)[C@@H](NC(=O)[C@H](CC(=O)O)NC(=O)[C@H](CCSC)NC(C)=O)[C@@H](C)CC)C(N)=O. The number of carboxylic acids is 1. The second-order valence-electron chi connectivity index (χ2n) is 22.6. The molecule has 0 radical (unpaired) electrons. The van der Waals surface area contributed by atoms with E-state index in [0.717, 1.165) is 0 Å². The van der Waals surface area contributed by atoms with Crippen molar-refractivity contribution in [3.05, 3.63) is 18.2 Å². The monoisotopic (exact) mass is 1310 g/mol. The fourth-order valence-electron chi connectivity index (χ4n) is 9.66. The van der Waals surface area contributed by atoms with Crippen LogP contribution in [-0.2, 0) is 78.3 Å². The summed E-state index contributed by atoms with van der Waals surface area (Å²) < 4.78 is 0. The van der Waals surface area contributed by atoms with Crippen molar-refractivity contribution in [1.82, 2.24) is 68.0 Å². The smallest absolute Gasteiger partial charge is 0.305 e. The number of aliphatic carboxylic acids is 1. The number of nitrogens with zero attached hydrogens (tertiary/aromatic N) is 2. The van der Waals surface area contributed by atoms with E-state index in [4.69, 9.17) is 28.7 Å². The molecule has 1 fully saturated rings. The molecule has 0 bridgehead atoms. The highest BCUT2D eigenvalue weighted by atomic mass is 32.2. The quantitative estimate of drug-likeness (QED) is 0.0271. The van der Waals surface area contributed by atoms with Gasteiger partial charge in [-0.15, -0.1) is 0 Å². The first-order chi connectivity index (χ1) is 42.9. The average Bonchev–Trinajstić information content (AvgIpc) is 1.83. The molecule has 0 unspecified atom stereocenters. The summed E-state index contributed by atoms with van der Waals surface area (Å²) in [6.45, 7) is 8.27. The van der Waals surface area contributed by atoms with Gasteiger partial charge >= 0.3 is 5.97 Å².